The highest BCUT2D eigenvalue weighted by atomic mass is 16.5. The van der Waals surface area contributed by atoms with Crippen LogP contribution in [0.2, 0.25) is 0 Å². The smallest absolute Gasteiger partial charge is 0.125 e. The van der Waals surface area contributed by atoms with Crippen LogP contribution < -0.4 is 10.5 Å². The molecule has 0 aliphatic heterocycles. The fourth-order valence-corrected chi connectivity index (χ4v) is 1.86. The molecule has 0 radical (unpaired) electrons. The summed E-state index contributed by atoms with van der Waals surface area (Å²) in [6, 6.07) is 3.81. The van der Waals surface area contributed by atoms with Crippen molar-refractivity contribution in [1.82, 2.24) is 0 Å². The molecule has 0 aliphatic rings. The second-order valence-corrected chi connectivity index (χ2v) is 4.41. The summed E-state index contributed by atoms with van der Waals surface area (Å²) < 4.78 is 5.79. The minimum atomic E-state index is 0.105. The van der Waals surface area contributed by atoms with Crippen LogP contribution in [0.5, 0.6) is 5.75 Å². The van der Waals surface area contributed by atoms with E-state index in [1.807, 2.05) is 26.0 Å². The van der Waals surface area contributed by atoms with Gasteiger partial charge in [-0.25, -0.2) is 0 Å². The van der Waals surface area contributed by atoms with E-state index in [-0.39, 0.29) is 5.84 Å². The SMILES string of the molecule is CCCCCOc1c(C)cc(C(=N)N)cc1C. The fraction of sp³-hybridized carbons (Fsp3) is 0.500. The summed E-state index contributed by atoms with van der Waals surface area (Å²) in [4.78, 5) is 0. The van der Waals surface area contributed by atoms with E-state index in [1.54, 1.807) is 0 Å². The number of benzene rings is 1. The Labute approximate surface area is 103 Å². The Hall–Kier alpha value is -1.51. The van der Waals surface area contributed by atoms with Gasteiger partial charge in [-0.05, 0) is 43.5 Å². The quantitative estimate of drug-likeness (QED) is 0.451. The van der Waals surface area contributed by atoms with Gasteiger partial charge in [0, 0.05) is 5.56 Å². The molecule has 17 heavy (non-hydrogen) atoms. The average molecular weight is 234 g/mol. The molecular formula is C14H22N2O. The van der Waals surface area contributed by atoms with Crippen LogP contribution >= 0.6 is 0 Å². The normalized spacial score (nSPS) is 10.3. The van der Waals surface area contributed by atoms with Crippen LogP contribution in [0.15, 0.2) is 12.1 Å². The van der Waals surface area contributed by atoms with Crippen molar-refractivity contribution in [2.45, 2.75) is 40.0 Å². The Morgan fingerprint density at radius 2 is 1.82 bits per heavy atom. The highest BCUT2D eigenvalue weighted by Gasteiger charge is 2.07. The van der Waals surface area contributed by atoms with E-state index in [4.69, 9.17) is 15.9 Å². The molecule has 0 unspecified atom stereocenters. The molecule has 0 saturated carbocycles. The molecule has 0 bridgehead atoms. The van der Waals surface area contributed by atoms with Gasteiger partial charge in [-0.2, -0.15) is 0 Å². The molecule has 0 spiro atoms. The van der Waals surface area contributed by atoms with Crippen LogP contribution in [0.3, 0.4) is 0 Å². The number of hydrogen-bond donors (Lipinski definition) is 2. The van der Waals surface area contributed by atoms with Crippen molar-refractivity contribution >= 4 is 5.84 Å². The van der Waals surface area contributed by atoms with Gasteiger partial charge in [0.15, 0.2) is 0 Å². The Morgan fingerprint density at radius 1 is 1.24 bits per heavy atom. The maximum absolute atomic E-state index is 7.43. The lowest BCUT2D eigenvalue weighted by Crippen LogP contribution is -2.12. The predicted octanol–water partition coefficient (Wildman–Crippen LogP) is 3.16. The zero-order chi connectivity index (χ0) is 12.8. The number of amidine groups is 1. The van der Waals surface area contributed by atoms with Crippen LogP contribution in [0, 0.1) is 19.3 Å². The Morgan fingerprint density at radius 3 is 2.29 bits per heavy atom. The number of unbranched alkanes of at least 4 members (excludes halogenated alkanes) is 2. The zero-order valence-electron chi connectivity index (χ0n) is 11.0. The van der Waals surface area contributed by atoms with Gasteiger partial charge in [0.05, 0.1) is 6.61 Å². The molecule has 0 aromatic heterocycles. The van der Waals surface area contributed by atoms with Gasteiger partial charge in [-0.1, -0.05) is 19.8 Å². The number of nitrogen functional groups attached to an aromatic ring is 1. The van der Waals surface area contributed by atoms with Gasteiger partial charge in [-0.15, -0.1) is 0 Å². The van der Waals surface area contributed by atoms with Crippen molar-refractivity contribution in [3.05, 3.63) is 28.8 Å². The summed E-state index contributed by atoms with van der Waals surface area (Å²) in [6.45, 7) is 6.93. The lowest BCUT2D eigenvalue weighted by atomic mass is 10.1. The highest BCUT2D eigenvalue weighted by Crippen LogP contribution is 2.24. The molecule has 0 atom stereocenters. The first kappa shape index (κ1) is 13.6. The van der Waals surface area contributed by atoms with Crippen molar-refractivity contribution in [1.29, 1.82) is 5.41 Å². The van der Waals surface area contributed by atoms with Crippen LogP contribution in [0.25, 0.3) is 0 Å². The Balaban J connectivity index is 2.76. The number of aryl methyl sites for hydroxylation is 2. The van der Waals surface area contributed by atoms with Gasteiger partial charge >= 0.3 is 0 Å². The molecule has 0 amide bonds. The summed E-state index contributed by atoms with van der Waals surface area (Å²) >= 11 is 0. The first-order valence-electron chi connectivity index (χ1n) is 6.14. The summed E-state index contributed by atoms with van der Waals surface area (Å²) in [5, 5.41) is 7.43. The largest absolute Gasteiger partial charge is 0.493 e. The third-order valence-electron chi connectivity index (χ3n) is 2.77. The van der Waals surface area contributed by atoms with Gasteiger partial charge in [0.2, 0.25) is 0 Å². The topological polar surface area (TPSA) is 59.1 Å². The van der Waals surface area contributed by atoms with E-state index in [2.05, 4.69) is 6.92 Å². The van der Waals surface area contributed by atoms with Gasteiger partial charge < -0.3 is 10.5 Å². The third-order valence-corrected chi connectivity index (χ3v) is 2.77. The summed E-state index contributed by atoms with van der Waals surface area (Å²) in [5.74, 6) is 1.04. The lowest BCUT2D eigenvalue weighted by molar-refractivity contribution is 0.302. The van der Waals surface area contributed by atoms with E-state index in [9.17, 15) is 0 Å². The van der Waals surface area contributed by atoms with Gasteiger partial charge in [-0.3, -0.25) is 5.41 Å². The molecule has 3 heteroatoms. The molecule has 0 fully saturated rings. The van der Waals surface area contributed by atoms with E-state index >= 15 is 0 Å². The standard InChI is InChI=1S/C14H22N2O/c1-4-5-6-7-17-13-10(2)8-12(14(15)16)9-11(13)3/h8-9H,4-7H2,1-3H3,(H3,15,16). The van der Waals surface area contributed by atoms with Crippen LogP contribution in [-0.4, -0.2) is 12.4 Å². The first-order valence-corrected chi connectivity index (χ1v) is 6.14. The Kier molecular flexibility index (Phi) is 5.01. The molecule has 1 aromatic rings. The number of ether oxygens (including phenoxy) is 1. The van der Waals surface area contributed by atoms with Crippen molar-refractivity contribution in [2.75, 3.05) is 6.61 Å². The second-order valence-electron chi connectivity index (χ2n) is 4.41. The lowest BCUT2D eigenvalue weighted by Gasteiger charge is -2.13. The maximum Gasteiger partial charge on any atom is 0.125 e. The molecular weight excluding hydrogens is 212 g/mol. The predicted molar refractivity (Wildman–Crippen MR) is 72.0 cm³/mol. The van der Waals surface area contributed by atoms with E-state index in [0.717, 1.165) is 35.5 Å². The van der Waals surface area contributed by atoms with Crippen LogP contribution in [0.4, 0.5) is 0 Å². The van der Waals surface area contributed by atoms with Crippen LogP contribution in [0.1, 0.15) is 42.9 Å². The monoisotopic (exact) mass is 234 g/mol. The molecule has 94 valence electrons. The number of nitrogens with two attached hydrogens (primary N) is 1. The fourth-order valence-electron chi connectivity index (χ4n) is 1.86. The average Bonchev–Trinajstić information content (AvgIpc) is 2.26. The molecule has 0 aliphatic carbocycles. The molecule has 0 saturated heterocycles. The summed E-state index contributed by atoms with van der Waals surface area (Å²) in [5.41, 5.74) is 8.34. The zero-order valence-corrected chi connectivity index (χ0v) is 11.0. The Bertz CT molecular complexity index is 376. The minimum absolute atomic E-state index is 0.105. The van der Waals surface area contributed by atoms with Crippen molar-refractivity contribution < 1.29 is 4.74 Å². The summed E-state index contributed by atoms with van der Waals surface area (Å²) in [7, 11) is 0. The molecule has 1 aromatic carbocycles. The number of hydrogen-bond acceptors (Lipinski definition) is 2. The summed E-state index contributed by atoms with van der Waals surface area (Å²) in [6.07, 6.45) is 3.48. The van der Waals surface area contributed by atoms with Crippen LogP contribution in [-0.2, 0) is 0 Å². The molecule has 3 nitrogen and oxygen atoms in total. The third kappa shape index (κ3) is 3.77. The molecule has 1 rings (SSSR count). The van der Waals surface area contributed by atoms with Crippen molar-refractivity contribution in [3.8, 4) is 5.75 Å². The molecule has 3 N–H and O–H groups in total. The first-order chi connectivity index (χ1) is 8.06. The van der Waals surface area contributed by atoms with Crippen molar-refractivity contribution in [2.24, 2.45) is 5.73 Å². The van der Waals surface area contributed by atoms with E-state index in [0.29, 0.717) is 0 Å². The molecule has 0 heterocycles. The van der Waals surface area contributed by atoms with E-state index < -0.39 is 0 Å². The maximum atomic E-state index is 7.43. The number of rotatable bonds is 6. The second kappa shape index (κ2) is 6.28. The highest BCUT2D eigenvalue weighted by molar-refractivity contribution is 5.95. The minimum Gasteiger partial charge on any atom is -0.493 e. The van der Waals surface area contributed by atoms with Gasteiger partial charge in [0.25, 0.3) is 0 Å². The van der Waals surface area contributed by atoms with Crippen molar-refractivity contribution in [3.63, 3.8) is 0 Å². The van der Waals surface area contributed by atoms with Gasteiger partial charge in [0.1, 0.15) is 11.6 Å². The number of nitrogens with one attached hydrogen (secondary N) is 1. The van der Waals surface area contributed by atoms with E-state index in [1.165, 1.54) is 12.8 Å².